The molecule has 0 saturated carbocycles. The predicted molar refractivity (Wildman–Crippen MR) is 110 cm³/mol. The van der Waals surface area contributed by atoms with Gasteiger partial charge in [0, 0.05) is 0 Å². The van der Waals surface area contributed by atoms with Gasteiger partial charge < -0.3 is 0 Å². The van der Waals surface area contributed by atoms with Crippen molar-refractivity contribution in [3.63, 3.8) is 0 Å². The zero-order valence-electron chi connectivity index (χ0n) is 15.4. The second kappa shape index (κ2) is 7.46. The van der Waals surface area contributed by atoms with Crippen LogP contribution < -0.4 is 10.6 Å². The van der Waals surface area contributed by atoms with E-state index in [1.807, 2.05) is 0 Å². The molecule has 0 aromatic heterocycles. The van der Waals surface area contributed by atoms with Crippen LogP contribution in [0.4, 0.5) is 0 Å². The predicted octanol–water partition coefficient (Wildman–Crippen LogP) is 6.16. The van der Waals surface area contributed by atoms with Gasteiger partial charge in [-0.15, -0.1) is 0 Å². The summed E-state index contributed by atoms with van der Waals surface area (Å²) in [4.78, 5) is 0. The van der Waals surface area contributed by atoms with Gasteiger partial charge in [-0.05, 0) is 34.7 Å². The van der Waals surface area contributed by atoms with Crippen molar-refractivity contribution in [1.29, 1.82) is 0 Å². The van der Waals surface area contributed by atoms with Crippen molar-refractivity contribution in [2.45, 2.75) is 51.9 Å². The van der Waals surface area contributed by atoms with Crippen LogP contribution in [0.3, 0.4) is 0 Å². The van der Waals surface area contributed by atoms with Gasteiger partial charge in [-0.2, -0.15) is 0 Å². The van der Waals surface area contributed by atoms with Gasteiger partial charge in [0.25, 0.3) is 0 Å². The summed E-state index contributed by atoms with van der Waals surface area (Å²) in [6, 6.07) is 22.3. The summed E-state index contributed by atoms with van der Waals surface area (Å²) in [5.41, 5.74) is 0. The molecule has 0 spiro atoms. The second-order valence-corrected chi connectivity index (χ2v) is 14.6. The van der Waals surface area contributed by atoms with E-state index < -0.39 is 0 Å². The van der Waals surface area contributed by atoms with Crippen molar-refractivity contribution in [2.75, 3.05) is 5.90 Å². The molecule has 0 radical (unpaired) electrons. The number of hydrogen-bond donors (Lipinski definition) is 0. The zero-order chi connectivity index (χ0) is 17.1. The number of benzene rings is 2. The molecule has 2 heteroatoms. The molecular formula is C21H30P2. The maximum absolute atomic E-state index is 2.42. The summed E-state index contributed by atoms with van der Waals surface area (Å²) in [5, 5.41) is 3.76. The van der Waals surface area contributed by atoms with Gasteiger partial charge in [-0.3, -0.25) is 0 Å². The molecule has 2 aromatic rings. The molecule has 124 valence electrons. The number of hydrogen-bond acceptors (Lipinski definition) is 0. The molecule has 0 fully saturated rings. The van der Waals surface area contributed by atoms with Crippen molar-refractivity contribution >= 4 is 26.5 Å². The van der Waals surface area contributed by atoms with Crippen molar-refractivity contribution in [3.05, 3.63) is 60.7 Å². The quantitative estimate of drug-likeness (QED) is 0.583. The van der Waals surface area contributed by atoms with Crippen LogP contribution in [0.5, 0.6) is 0 Å². The highest BCUT2D eigenvalue weighted by atomic mass is 31.2. The lowest BCUT2D eigenvalue weighted by atomic mass is 10.2. The van der Waals surface area contributed by atoms with Gasteiger partial charge in [0.15, 0.2) is 0 Å². The minimum absolute atomic E-state index is 0.101. The molecule has 0 unspecified atom stereocenters. The molecule has 2 aromatic carbocycles. The lowest BCUT2D eigenvalue weighted by Crippen LogP contribution is -2.28. The largest absolute Gasteiger partial charge is 0.0906 e. The molecule has 23 heavy (non-hydrogen) atoms. The molecule has 0 heterocycles. The van der Waals surface area contributed by atoms with Crippen LogP contribution in [-0.4, -0.2) is 16.2 Å². The van der Waals surface area contributed by atoms with E-state index in [9.17, 15) is 0 Å². The van der Waals surface area contributed by atoms with Gasteiger partial charge >= 0.3 is 0 Å². The zero-order valence-corrected chi connectivity index (χ0v) is 17.2. The van der Waals surface area contributed by atoms with E-state index in [-0.39, 0.29) is 15.8 Å². The van der Waals surface area contributed by atoms with E-state index in [2.05, 4.69) is 102 Å². The molecule has 2 rings (SSSR count). The summed E-state index contributed by atoms with van der Waals surface area (Å²) in [6.45, 7) is 14.5. The Labute approximate surface area is 145 Å². The summed E-state index contributed by atoms with van der Waals surface area (Å²) in [7, 11) is -0.391. The van der Waals surface area contributed by atoms with E-state index in [1.165, 1.54) is 16.5 Å². The molecular weight excluding hydrogens is 314 g/mol. The molecule has 0 aliphatic heterocycles. The summed E-state index contributed by atoms with van der Waals surface area (Å²) < 4.78 is 0. The normalized spacial score (nSPS) is 12.9. The van der Waals surface area contributed by atoms with Gasteiger partial charge in [0.2, 0.25) is 0 Å². The van der Waals surface area contributed by atoms with Crippen LogP contribution >= 0.6 is 15.8 Å². The van der Waals surface area contributed by atoms with E-state index in [1.54, 1.807) is 0 Å². The molecule has 0 N–H and O–H groups in total. The fourth-order valence-electron chi connectivity index (χ4n) is 3.10. The average molecular weight is 344 g/mol. The van der Waals surface area contributed by atoms with E-state index in [0.717, 1.165) is 0 Å². The van der Waals surface area contributed by atoms with Crippen LogP contribution in [-0.2, 0) is 0 Å². The number of rotatable bonds is 4. The van der Waals surface area contributed by atoms with Crippen molar-refractivity contribution in [2.24, 2.45) is 0 Å². The smallest absolute Gasteiger partial charge is 0.00305 e. The highest BCUT2D eigenvalue weighted by molar-refractivity contribution is 7.84. The Hall–Kier alpha value is -0.700. The van der Waals surface area contributed by atoms with Gasteiger partial charge in [-0.25, -0.2) is 0 Å². The monoisotopic (exact) mass is 344 g/mol. The molecule has 0 saturated heterocycles. The summed E-state index contributed by atoms with van der Waals surface area (Å²) >= 11 is 0. The van der Waals surface area contributed by atoms with Gasteiger partial charge in [0.1, 0.15) is 0 Å². The standard InChI is InChI=1S/C21H30P2/c1-20(2,3)23(21(4,5)6)17-22(18-13-9-7-10-14-18)19-15-11-8-12-16-19/h7-16H,17H2,1-6H3. The van der Waals surface area contributed by atoms with Crippen LogP contribution in [0, 0.1) is 0 Å². The van der Waals surface area contributed by atoms with Gasteiger partial charge in [0.05, 0.1) is 0 Å². The third-order valence-electron chi connectivity index (χ3n) is 4.04. The molecule has 0 aliphatic rings. The Kier molecular flexibility index (Phi) is 6.05. The first-order chi connectivity index (χ1) is 10.7. The second-order valence-electron chi connectivity index (χ2n) is 8.01. The molecule has 0 bridgehead atoms. The molecule has 0 amide bonds. The van der Waals surface area contributed by atoms with Gasteiger partial charge in [-0.1, -0.05) is 110 Å². The third kappa shape index (κ3) is 5.14. The summed E-state index contributed by atoms with van der Waals surface area (Å²) in [5.74, 6) is 1.31. The third-order valence-corrected chi connectivity index (χ3v) is 11.4. The van der Waals surface area contributed by atoms with E-state index in [0.29, 0.717) is 10.3 Å². The topological polar surface area (TPSA) is 0 Å². The minimum Gasteiger partial charge on any atom is -0.0906 e. The first-order valence-corrected chi connectivity index (χ1v) is 11.4. The fourth-order valence-corrected chi connectivity index (χ4v) is 12.3. The Morgan fingerprint density at radius 3 is 1.26 bits per heavy atom. The minimum atomic E-state index is -0.290. The lowest BCUT2D eigenvalue weighted by molar-refractivity contribution is 0.709. The highest BCUT2D eigenvalue weighted by Crippen LogP contribution is 2.64. The maximum atomic E-state index is 2.42. The van der Waals surface area contributed by atoms with Crippen LogP contribution in [0.15, 0.2) is 60.7 Å². The average Bonchev–Trinajstić information content (AvgIpc) is 2.47. The van der Waals surface area contributed by atoms with Crippen LogP contribution in [0.1, 0.15) is 41.5 Å². The maximum Gasteiger partial charge on any atom is -0.00305 e. The first kappa shape index (κ1) is 18.6. The Morgan fingerprint density at radius 1 is 0.609 bits per heavy atom. The Bertz CT molecular complexity index is 538. The molecule has 0 aliphatic carbocycles. The molecule has 0 atom stereocenters. The van der Waals surface area contributed by atoms with E-state index in [4.69, 9.17) is 0 Å². The Balaban J connectivity index is 2.42. The van der Waals surface area contributed by atoms with Crippen molar-refractivity contribution in [3.8, 4) is 0 Å². The Morgan fingerprint density at radius 2 is 0.957 bits per heavy atom. The van der Waals surface area contributed by atoms with Crippen LogP contribution in [0.2, 0.25) is 0 Å². The molecule has 0 nitrogen and oxygen atoms in total. The van der Waals surface area contributed by atoms with Crippen molar-refractivity contribution in [1.82, 2.24) is 0 Å². The lowest BCUT2D eigenvalue weighted by Gasteiger charge is -2.43. The SMILES string of the molecule is CC(C)(C)P(CP(c1ccccc1)c1ccccc1)C(C)(C)C. The first-order valence-electron chi connectivity index (χ1n) is 8.35. The van der Waals surface area contributed by atoms with Crippen molar-refractivity contribution < 1.29 is 0 Å². The fraction of sp³-hybridized carbons (Fsp3) is 0.429. The van der Waals surface area contributed by atoms with Crippen LogP contribution in [0.25, 0.3) is 0 Å². The summed E-state index contributed by atoms with van der Waals surface area (Å²) in [6.07, 6.45) is 0. The van der Waals surface area contributed by atoms with E-state index >= 15 is 0 Å². The highest BCUT2D eigenvalue weighted by Gasteiger charge is 2.36.